The zero-order valence-corrected chi connectivity index (χ0v) is 19.7. The molecular weight excluding hydrogens is 434 g/mol. The Morgan fingerprint density at radius 3 is 2.45 bits per heavy atom. The van der Waals surface area contributed by atoms with Crippen molar-refractivity contribution in [1.29, 1.82) is 10.5 Å². The summed E-state index contributed by atoms with van der Waals surface area (Å²) in [6, 6.07) is 18.5. The summed E-state index contributed by atoms with van der Waals surface area (Å²) in [6.07, 6.45) is 1.51. The number of nitriles is 2. The summed E-state index contributed by atoms with van der Waals surface area (Å²) in [4.78, 5) is 3.95. The van der Waals surface area contributed by atoms with Gasteiger partial charge in [0, 0.05) is 31.4 Å². The lowest BCUT2D eigenvalue weighted by Crippen LogP contribution is -2.35. The quantitative estimate of drug-likeness (QED) is 0.539. The van der Waals surface area contributed by atoms with Crippen molar-refractivity contribution in [1.82, 2.24) is 4.98 Å². The normalized spacial score (nSPS) is 15.0. The van der Waals surface area contributed by atoms with Crippen LogP contribution in [-0.2, 0) is 11.2 Å². The first-order chi connectivity index (χ1) is 15.7. The van der Waals surface area contributed by atoms with Gasteiger partial charge in [0.15, 0.2) is 0 Å². The molecule has 166 valence electrons. The number of hydrogen-bond acceptors (Lipinski definition) is 5. The molecule has 0 bridgehead atoms. The van der Waals surface area contributed by atoms with E-state index in [1.165, 1.54) is 6.20 Å². The minimum atomic E-state index is -1.31. The summed E-state index contributed by atoms with van der Waals surface area (Å²) in [5, 5.41) is 18.7. The van der Waals surface area contributed by atoms with E-state index in [1.54, 1.807) is 34.6 Å². The zero-order chi connectivity index (χ0) is 23.8. The standard InChI is InChI=1S/C25H23N5O2S/c1-25(2,3)16-30-23-8-6-17(11-24(23)29(4)33(30)31)22-13-20(7-5-18(22)14-26)32-21-9-10-28-19(12-21)15-27/h5-13H,16H2,1-4H3. The van der Waals surface area contributed by atoms with Gasteiger partial charge in [-0.05, 0) is 47.4 Å². The number of ether oxygens (including phenoxy) is 1. The Labute approximate surface area is 196 Å². The van der Waals surface area contributed by atoms with Crippen LogP contribution in [0.1, 0.15) is 32.0 Å². The zero-order valence-electron chi connectivity index (χ0n) is 18.9. The summed E-state index contributed by atoms with van der Waals surface area (Å²) in [7, 11) is 1.81. The Kier molecular flexibility index (Phi) is 5.80. The molecule has 1 unspecified atom stereocenters. The number of nitrogens with zero attached hydrogens (tertiary/aromatic N) is 5. The third kappa shape index (κ3) is 4.52. The van der Waals surface area contributed by atoms with Crippen LogP contribution in [0.5, 0.6) is 11.5 Å². The molecule has 3 aromatic rings. The lowest BCUT2D eigenvalue weighted by molar-refractivity contribution is 0.430. The molecule has 0 N–H and O–H groups in total. The van der Waals surface area contributed by atoms with Crippen LogP contribution < -0.4 is 13.3 Å². The number of anilines is 2. The predicted octanol–water partition coefficient (Wildman–Crippen LogP) is 5.17. The Bertz CT molecular complexity index is 1330. The number of fused-ring (bicyclic) bond motifs is 1. The Hall–Kier alpha value is -3.88. The third-order valence-electron chi connectivity index (χ3n) is 5.13. The topological polar surface area (TPSA) is 93.2 Å². The number of pyridine rings is 1. The molecule has 8 heteroatoms. The summed E-state index contributed by atoms with van der Waals surface area (Å²) in [5.41, 5.74) is 4.03. The number of benzene rings is 2. The van der Waals surface area contributed by atoms with Crippen LogP contribution in [0.15, 0.2) is 54.7 Å². The fraction of sp³-hybridized carbons (Fsp3) is 0.240. The SMILES string of the molecule is CN1c2cc(-c3cc(Oc4ccnc(C#N)c4)ccc3C#N)ccc2N(CC(C)(C)C)S1=O. The van der Waals surface area contributed by atoms with Crippen molar-refractivity contribution in [2.45, 2.75) is 20.8 Å². The average Bonchev–Trinajstić information content (AvgIpc) is 3.02. The second kappa shape index (κ2) is 8.57. The van der Waals surface area contributed by atoms with Gasteiger partial charge in [-0.15, -0.1) is 0 Å². The van der Waals surface area contributed by atoms with Crippen molar-refractivity contribution in [2.24, 2.45) is 5.41 Å². The minimum absolute atomic E-state index is 0.0190. The second-order valence-electron chi connectivity index (χ2n) is 8.94. The van der Waals surface area contributed by atoms with Crippen LogP contribution in [0.25, 0.3) is 11.1 Å². The molecule has 1 aliphatic heterocycles. The smallest absolute Gasteiger partial charge is 0.225 e. The first-order valence-corrected chi connectivity index (χ1v) is 11.4. The van der Waals surface area contributed by atoms with E-state index in [4.69, 9.17) is 10.00 Å². The van der Waals surface area contributed by atoms with Crippen LogP contribution in [0.4, 0.5) is 11.4 Å². The molecule has 0 saturated carbocycles. The van der Waals surface area contributed by atoms with E-state index >= 15 is 0 Å². The van der Waals surface area contributed by atoms with E-state index in [-0.39, 0.29) is 11.1 Å². The predicted molar refractivity (Wildman–Crippen MR) is 129 cm³/mol. The fourth-order valence-electron chi connectivity index (χ4n) is 3.64. The lowest BCUT2D eigenvalue weighted by Gasteiger charge is -2.26. The highest BCUT2D eigenvalue weighted by atomic mass is 32.2. The molecule has 0 aliphatic carbocycles. The summed E-state index contributed by atoms with van der Waals surface area (Å²) < 4.78 is 22.6. The Morgan fingerprint density at radius 1 is 1.00 bits per heavy atom. The number of rotatable bonds is 4. The highest BCUT2D eigenvalue weighted by molar-refractivity contribution is 7.88. The summed E-state index contributed by atoms with van der Waals surface area (Å²) in [5.74, 6) is 1.02. The minimum Gasteiger partial charge on any atom is -0.457 e. The fourth-order valence-corrected chi connectivity index (χ4v) is 5.07. The van der Waals surface area contributed by atoms with Gasteiger partial charge in [0.1, 0.15) is 23.3 Å². The molecule has 0 saturated heterocycles. The van der Waals surface area contributed by atoms with Gasteiger partial charge >= 0.3 is 0 Å². The molecule has 0 fully saturated rings. The molecule has 4 rings (SSSR count). The maximum atomic E-state index is 13.0. The number of hydrogen-bond donors (Lipinski definition) is 0. The molecular formula is C25H23N5O2S. The van der Waals surface area contributed by atoms with Gasteiger partial charge in [-0.25, -0.2) is 9.19 Å². The third-order valence-corrected chi connectivity index (χ3v) is 6.50. The van der Waals surface area contributed by atoms with E-state index in [0.29, 0.717) is 29.2 Å². The maximum absolute atomic E-state index is 13.0. The molecule has 1 aliphatic rings. The van der Waals surface area contributed by atoms with Crippen LogP contribution in [-0.4, -0.2) is 22.8 Å². The number of aromatic nitrogens is 1. The highest BCUT2D eigenvalue weighted by Crippen LogP contribution is 2.43. The van der Waals surface area contributed by atoms with Crippen LogP contribution in [0.2, 0.25) is 0 Å². The molecule has 2 aromatic carbocycles. The van der Waals surface area contributed by atoms with Crippen molar-refractivity contribution in [3.8, 4) is 34.8 Å². The van der Waals surface area contributed by atoms with Gasteiger partial charge < -0.3 is 4.74 Å². The van der Waals surface area contributed by atoms with E-state index in [2.05, 4.69) is 31.8 Å². The molecule has 33 heavy (non-hydrogen) atoms. The van der Waals surface area contributed by atoms with E-state index in [9.17, 15) is 9.47 Å². The first kappa shape index (κ1) is 22.3. The van der Waals surface area contributed by atoms with Crippen LogP contribution in [0, 0.1) is 28.1 Å². The maximum Gasteiger partial charge on any atom is 0.225 e. The largest absolute Gasteiger partial charge is 0.457 e. The van der Waals surface area contributed by atoms with Crippen molar-refractivity contribution in [2.75, 3.05) is 22.2 Å². The highest BCUT2D eigenvalue weighted by Gasteiger charge is 2.34. The van der Waals surface area contributed by atoms with E-state index in [1.807, 2.05) is 35.6 Å². The molecule has 0 radical (unpaired) electrons. The van der Waals surface area contributed by atoms with E-state index < -0.39 is 11.2 Å². The molecule has 1 atom stereocenters. The molecule has 0 amide bonds. The molecule has 2 heterocycles. The van der Waals surface area contributed by atoms with Gasteiger partial charge in [0.05, 0.1) is 23.0 Å². The van der Waals surface area contributed by atoms with Crippen molar-refractivity contribution >= 4 is 22.5 Å². The average molecular weight is 458 g/mol. The second-order valence-corrected chi connectivity index (χ2v) is 10.4. The Balaban J connectivity index is 1.72. The van der Waals surface area contributed by atoms with Crippen molar-refractivity contribution in [3.05, 3.63) is 66.0 Å². The van der Waals surface area contributed by atoms with Crippen molar-refractivity contribution in [3.63, 3.8) is 0 Å². The summed E-state index contributed by atoms with van der Waals surface area (Å²) >= 11 is -1.31. The van der Waals surface area contributed by atoms with E-state index in [0.717, 1.165) is 16.9 Å². The monoisotopic (exact) mass is 457 g/mol. The molecule has 1 aromatic heterocycles. The van der Waals surface area contributed by atoms with Gasteiger partial charge in [-0.2, -0.15) is 10.5 Å². The lowest BCUT2D eigenvalue weighted by atomic mass is 9.96. The van der Waals surface area contributed by atoms with Crippen molar-refractivity contribution < 1.29 is 8.95 Å². The van der Waals surface area contributed by atoms with Gasteiger partial charge in [0.2, 0.25) is 11.2 Å². The Morgan fingerprint density at radius 2 is 1.76 bits per heavy atom. The molecule has 0 spiro atoms. The summed E-state index contributed by atoms with van der Waals surface area (Å²) in [6.45, 7) is 7.00. The van der Waals surface area contributed by atoms with Crippen LogP contribution in [0.3, 0.4) is 0 Å². The van der Waals surface area contributed by atoms with Gasteiger partial charge in [-0.1, -0.05) is 26.8 Å². The van der Waals surface area contributed by atoms with Crippen LogP contribution >= 0.6 is 0 Å². The van der Waals surface area contributed by atoms with Gasteiger partial charge in [-0.3, -0.25) is 8.61 Å². The van der Waals surface area contributed by atoms with Gasteiger partial charge in [0.25, 0.3) is 0 Å². The molecule has 7 nitrogen and oxygen atoms in total. The first-order valence-electron chi connectivity index (χ1n) is 10.4.